The number of aromatic nitrogens is 5. The van der Waals surface area contributed by atoms with Crippen molar-refractivity contribution in [2.75, 3.05) is 0 Å². The Kier molecular flexibility index (Phi) is 2.84. The monoisotopic (exact) mass is 285 g/mol. The van der Waals surface area contributed by atoms with Gasteiger partial charge in [0.25, 0.3) is 5.56 Å². The molecule has 0 amide bonds. The second-order valence-corrected chi connectivity index (χ2v) is 4.64. The largest absolute Gasteiger partial charge is 0.408 e. The van der Waals surface area contributed by atoms with E-state index in [1.807, 2.05) is 0 Å². The van der Waals surface area contributed by atoms with Gasteiger partial charge >= 0.3 is 6.18 Å². The minimum atomic E-state index is -4.43. The highest BCUT2D eigenvalue weighted by molar-refractivity contribution is 5.51. The van der Waals surface area contributed by atoms with Crippen molar-refractivity contribution in [3.8, 4) is 11.4 Å². The Morgan fingerprint density at radius 2 is 2.10 bits per heavy atom. The normalized spacial score (nSPS) is 15.6. The number of hydrogen-bond acceptors (Lipinski definition) is 4. The molecule has 9 heteroatoms. The highest BCUT2D eigenvalue weighted by Gasteiger charge is 2.31. The van der Waals surface area contributed by atoms with Gasteiger partial charge in [-0.2, -0.15) is 18.3 Å². The smallest absolute Gasteiger partial charge is 0.310 e. The van der Waals surface area contributed by atoms with Gasteiger partial charge in [-0.15, -0.1) is 0 Å². The van der Waals surface area contributed by atoms with E-state index in [9.17, 15) is 18.0 Å². The lowest BCUT2D eigenvalue weighted by Gasteiger charge is -2.08. The van der Waals surface area contributed by atoms with Gasteiger partial charge in [-0.1, -0.05) is 0 Å². The lowest BCUT2D eigenvalue weighted by Crippen LogP contribution is -2.21. The van der Waals surface area contributed by atoms with Crippen LogP contribution in [0.25, 0.3) is 11.4 Å². The van der Waals surface area contributed by atoms with E-state index in [2.05, 4.69) is 20.1 Å². The minimum Gasteiger partial charge on any atom is -0.310 e. The molecule has 1 fully saturated rings. The van der Waals surface area contributed by atoms with Crippen LogP contribution < -0.4 is 5.56 Å². The second-order valence-electron chi connectivity index (χ2n) is 4.64. The molecule has 1 saturated carbocycles. The van der Waals surface area contributed by atoms with Crippen LogP contribution in [0.3, 0.4) is 0 Å². The van der Waals surface area contributed by atoms with Gasteiger partial charge in [0.2, 0.25) is 0 Å². The van der Waals surface area contributed by atoms with Crippen LogP contribution in [-0.4, -0.2) is 30.9 Å². The number of nitrogens with zero attached hydrogens (tertiary/aromatic N) is 4. The third kappa shape index (κ3) is 2.56. The lowest BCUT2D eigenvalue weighted by atomic mass is 10.3. The van der Waals surface area contributed by atoms with Crippen molar-refractivity contribution in [1.29, 1.82) is 0 Å². The zero-order valence-corrected chi connectivity index (χ0v) is 10.2. The zero-order valence-electron chi connectivity index (χ0n) is 10.2. The molecule has 1 aliphatic rings. The molecule has 1 aliphatic carbocycles. The fourth-order valence-corrected chi connectivity index (χ4v) is 1.89. The first-order valence-electron chi connectivity index (χ1n) is 5.98. The van der Waals surface area contributed by atoms with E-state index in [-0.39, 0.29) is 17.3 Å². The molecule has 0 saturated heterocycles. The molecule has 1 N–H and O–H groups in total. The van der Waals surface area contributed by atoms with Crippen molar-refractivity contribution in [3.05, 3.63) is 28.7 Å². The van der Waals surface area contributed by atoms with Crippen molar-refractivity contribution in [2.45, 2.75) is 31.5 Å². The van der Waals surface area contributed by atoms with Gasteiger partial charge in [-0.05, 0) is 12.8 Å². The first-order valence-corrected chi connectivity index (χ1v) is 5.98. The van der Waals surface area contributed by atoms with Gasteiger partial charge in [-0.3, -0.25) is 4.79 Å². The number of hydrogen-bond donors (Lipinski definition) is 1. The Bertz CT molecular complexity index is 686. The van der Waals surface area contributed by atoms with Crippen molar-refractivity contribution in [2.24, 2.45) is 0 Å². The van der Waals surface area contributed by atoms with Crippen molar-refractivity contribution < 1.29 is 13.2 Å². The summed E-state index contributed by atoms with van der Waals surface area (Å²) in [7, 11) is 0. The van der Waals surface area contributed by atoms with Gasteiger partial charge in [0.15, 0.2) is 5.82 Å². The van der Waals surface area contributed by atoms with Crippen molar-refractivity contribution in [1.82, 2.24) is 24.7 Å². The van der Waals surface area contributed by atoms with Gasteiger partial charge in [0.1, 0.15) is 24.3 Å². The van der Waals surface area contributed by atoms with E-state index >= 15 is 0 Å². The van der Waals surface area contributed by atoms with E-state index < -0.39 is 18.3 Å². The number of alkyl halides is 3. The third-order valence-electron chi connectivity index (χ3n) is 2.97. The summed E-state index contributed by atoms with van der Waals surface area (Å²) in [6.07, 6.45) is -0.269. The molecule has 106 valence electrons. The summed E-state index contributed by atoms with van der Waals surface area (Å²) in [4.78, 5) is 22.3. The number of aromatic amines is 1. The quantitative estimate of drug-likeness (QED) is 0.926. The van der Waals surface area contributed by atoms with E-state index in [1.54, 1.807) is 0 Å². The number of halogens is 3. The Hall–Kier alpha value is -2.19. The maximum Gasteiger partial charge on any atom is 0.408 e. The van der Waals surface area contributed by atoms with Crippen molar-refractivity contribution in [3.63, 3.8) is 0 Å². The average Bonchev–Trinajstić information content (AvgIpc) is 3.10. The SMILES string of the molecule is O=c1[nH]c(C2CC2)ncc1-c1ncnn1CC(F)(F)F. The molecule has 0 bridgehead atoms. The van der Waals surface area contributed by atoms with Crippen LogP contribution >= 0.6 is 0 Å². The number of rotatable bonds is 3. The molecule has 0 aliphatic heterocycles. The zero-order chi connectivity index (χ0) is 14.3. The van der Waals surface area contributed by atoms with E-state index in [4.69, 9.17) is 0 Å². The van der Waals surface area contributed by atoms with Gasteiger partial charge in [0.05, 0.1) is 0 Å². The molecule has 0 aromatic carbocycles. The molecule has 0 radical (unpaired) electrons. The molecule has 0 unspecified atom stereocenters. The molecule has 0 atom stereocenters. The Labute approximate surface area is 110 Å². The lowest BCUT2D eigenvalue weighted by molar-refractivity contribution is -0.142. The standard InChI is InChI=1S/C11H10F3N5O/c12-11(13,14)4-19-9(16-5-17-19)7-3-15-8(6-1-2-6)18-10(7)20/h3,5-6H,1-2,4H2,(H,15,18,20). The topological polar surface area (TPSA) is 76.5 Å². The molecule has 6 nitrogen and oxygen atoms in total. The summed E-state index contributed by atoms with van der Waals surface area (Å²) in [6, 6.07) is 0. The third-order valence-corrected chi connectivity index (χ3v) is 2.97. The molecule has 2 heterocycles. The number of nitrogens with one attached hydrogen (secondary N) is 1. The number of H-pyrrole nitrogens is 1. The minimum absolute atomic E-state index is 0.0175. The second kappa shape index (κ2) is 4.43. The van der Waals surface area contributed by atoms with Crippen LogP contribution in [0.4, 0.5) is 13.2 Å². The Morgan fingerprint density at radius 3 is 2.70 bits per heavy atom. The summed E-state index contributed by atoms with van der Waals surface area (Å²) in [5.41, 5.74) is -0.519. The summed E-state index contributed by atoms with van der Waals surface area (Å²) in [6.45, 7) is -1.30. The predicted molar refractivity (Wildman–Crippen MR) is 61.9 cm³/mol. The van der Waals surface area contributed by atoms with Gasteiger partial charge in [-0.25, -0.2) is 14.6 Å². The van der Waals surface area contributed by atoms with Crippen LogP contribution in [0.1, 0.15) is 24.6 Å². The van der Waals surface area contributed by atoms with Crippen LogP contribution in [0.15, 0.2) is 17.3 Å². The predicted octanol–water partition coefficient (Wildman–Crippen LogP) is 1.47. The highest BCUT2D eigenvalue weighted by atomic mass is 19.4. The highest BCUT2D eigenvalue weighted by Crippen LogP contribution is 2.37. The maximum absolute atomic E-state index is 12.4. The first kappa shape index (κ1) is 12.8. The van der Waals surface area contributed by atoms with Gasteiger partial charge in [0, 0.05) is 12.1 Å². The van der Waals surface area contributed by atoms with E-state index in [0.29, 0.717) is 10.5 Å². The molecule has 2 aromatic rings. The summed E-state index contributed by atoms with van der Waals surface area (Å²) < 4.78 is 37.9. The fourth-order valence-electron chi connectivity index (χ4n) is 1.89. The maximum atomic E-state index is 12.4. The first-order chi connectivity index (χ1) is 9.44. The van der Waals surface area contributed by atoms with E-state index in [0.717, 1.165) is 19.2 Å². The fraction of sp³-hybridized carbons (Fsp3) is 0.455. The molecular formula is C11H10F3N5O. The van der Waals surface area contributed by atoms with Gasteiger partial charge < -0.3 is 4.98 Å². The molecule has 3 rings (SSSR count). The molecule has 20 heavy (non-hydrogen) atoms. The molecule has 2 aromatic heterocycles. The van der Waals surface area contributed by atoms with Crippen LogP contribution in [-0.2, 0) is 6.54 Å². The summed E-state index contributed by atoms with van der Waals surface area (Å²) >= 11 is 0. The summed E-state index contributed by atoms with van der Waals surface area (Å²) in [5, 5.41) is 3.49. The summed E-state index contributed by atoms with van der Waals surface area (Å²) in [5.74, 6) is 0.684. The van der Waals surface area contributed by atoms with E-state index in [1.165, 1.54) is 6.20 Å². The Morgan fingerprint density at radius 1 is 1.35 bits per heavy atom. The molecular weight excluding hydrogens is 275 g/mol. The van der Waals surface area contributed by atoms with Crippen LogP contribution in [0, 0.1) is 0 Å². The van der Waals surface area contributed by atoms with Crippen LogP contribution in [0.5, 0.6) is 0 Å². The van der Waals surface area contributed by atoms with Crippen molar-refractivity contribution >= 4 is 0 Å². The Balaban J connectivity index is 1.97. The average molecular weight is 285 g/mol. The van der Waals surface area contributed by atoms with Crippen LogP contribution in [0.2, 0.25) is 0 Å². The molecule has 0 spiro atoms.